The van der Waals surface area contributed by atoms with Gasteiger partial charge in [0.05, 0.1) is 35.5 Å². The van der Waals surface area contributed by atoms with E-state index in [0.29, 0.717) is 18.8 Å². The number of likely N-dealkylation sites (tertiary alicyclic amines) is 1. The number of piperidine rings is 1. The lowest BCUT2D eigenvalue weighted by molar-refractivity contribution is -0.139. The van der Waals surface area contributed by atoms with Gasteiger partial charge in [0, 0.05) is 20.1 Å². The van der Waals surface area contributed by atoms with Gasteiger partial charge >= 0.3 is 0 Å². The summed E-state index contributed by atoms with van der Waals surface area (Å²) >= 11 is 1.61. The van der Waals surface area contributed by atoms with Crippen LogP contribution in [-0.2, 0) is 16.1 Å². The molecule has 0 bridgehead atoms. The van der Waals surface area contributed by atoms with Gasteiger partial charge in [-0.1, -0.05) is 24.3 Å². The summed E-state index contributed by atoms with van der Waals surface area (Å²) in [5.74, 6) is 0.653. The van der Waals surface area contributed by atoms with Crippen LogP contribution in [0.4, 0.5) is 5.69 Å². The average Bonchev–Trinajstić information content (AvgIpc) is 3.26. The summed E-state index contributed by atoms with van der Waals surface area (Å²) < 4.78 is 7.20. The Balaban J connectivity index is 1.29. The molecule has 2 aliphatic heterocycles. The number of benzene rings is 2. The van der Waals surface area contributed by atoms with Crippen molar-refractivity contribution < 1.29 is 14.3 Å². The normalized spacial score (nSPS) is 18.0. The molecule has 0 unspecified atom stereocenters. The third-order valence-electron chi connectivity index (χ3n) is 6.27. The molecule has 0 aliphatic carbocycles. The number of amides is 2. The zero-order valence-electron chi connectivity index (χ0n) is 18.8. The number of aromatic nitrogens is 1. The predicted molar refractivity (Wildman–Crippen MR) is 130 cm³/mol. The number of rotatable bonds is 5. The maximum Gasteiger partial charge on any atom is 0.265 e. The fourth-order valence-electron chi connectivity index (χ4n) is 4.47. The van der Waals surface area contributed by atoms with Crippen molar-refractivity contribution in [3.8, 4) is 5.75 Å². The molecule has 7 nitrogen and oxygen atoms in total. The molecule has 1 aromatic heterocycles. The lowest BCUT2D eigenvalue weighted by Crippen LogP contribution is -2.53. The Kier molecular flexibility index (Phi) is 6.17. The van der Waals surface area contributed by atoms with E-state index < -0.39 is 6.10 Å². The Bertz CT molecular complexity index is 1120. The average molecular weight is 465 g/mol. The zero-order chi connectivity index (χ0) is 22.8. The van der Waals surface area contributed by atoms with Crippen LogP contribution in [0.2, 0.25) is 0 Å². The van der Waals surface area contributed by atoms with Crippen molar-refractivity contribution in [1.29, 1.82) is 0 Å². The van der Waals surface area contributed by atoms with E-state index in [0.717, 1.165) is 46.8 Å². The molecular formula is C25H28N4O3S. The third kappa shape index (κ3) is 4.66. The summed E-state index contributed by atoms with van der Waals surface area (Å²) in [6.45, 7) is 2.58. The van der Waals surface area contributed by atoms with Crippen molar-refractivity contribution in [2.75, 3.05) is 38.1 Å². The highest BCUT2D eigenvalue weighted by molar-refractivity contribution is 7.18. The molecule has 0 saturated carbocycles. The van der Waals surface area contributed by atoms with E-state index >= 15 is 0 Å². The van der Waals surface area contributed by atoms with Crippen LogP contribution in [-0.4, -0.2) is 65.9 Å². The highest BCUT2D eigenvalue weighted by Gasteiger charge is 2.34. The van der Waals surface area contributed by atoms with Crippen LogP contribution >= 0.6 is 11.3 Å². The topological polar surface area (TPSA) is 66.0 Å². The Morgan fingerprint density at radius 2 is 1.85 bits per heavy atom. The number of para-hydroxylation sites is 3. The molecule has 3 heterocycles. The first-order valence-electron chi connectivity index (χ1n) is 11.5. The minimum atomic E-state index is -0.597. The van der Waals surface area contributed by atoms with Crippen LogP contribution in [0.5, 0.6) is 5.75 Å². The molecule has 2 aromatic carbocycles. The molecule has 1 saturated heterocycles. The molecule has 2 aliphatic rings. The molecule has 3 aromatic rings. The lowest BCUT2D eigenvalue weighted by atomic mass is 10.1. The molecule has 33 heavy (non-hydrogen) atoms. The Hall–Kier alpha value is -3.13. The number of carbonyl (C=O) groups is 2. The molecule has 5 rings (SSSR count). The molecule has 1 fully saturated rings. The fourth-order valence-corrected chi connectivity index (χ4v) is 5.49. The van der Waals surface area contributed by atoms with Gasteiger partial charge in [-0.3, -0.25) is 9.59 Å². The molecule has 0 radical (unpaired) electrons. The van der Waals surface area contributed by atoms with Crippen molar-refractivity contribution in [2.45, 2.75) is 31.9 Å². The number of likely N-dealkylation sites (N-methyl/N-ethyl adjacent to an activating group) is 1. The molecule has 2 amide bonds. The van der Waals surface area contributed by atoms with Gasteiger partial charge < -0.3 is 19.4 Å². The van der Waals surface area contributed by atoms with Crippen molar-refractivity contribution >= 4 is 39.1 Å². The van der Waals surface area contributed by atoms with Gasteiger partial charge in [-0.05, 0) is 43.5 Å². The van der Waals surface area contributed by atoms with Crippen molar-refractivity contribution in [3.05, 3.63) is 53.5 Å². The molecule has 1 atom stereocenters. The van der Waals surface area contributed by atoms with E-state index in [1.165, 1.54) is 6.42 Å². The summed E-state index contributed by atoms with van der Waals surface area (Å²) in [4.78, 5) is 36.5. The number of anilines is 1. The monoisotopic (exact) mass is 464 g/mol. The highest BCUT2D eigenvalue weighted by atomic mass is 32.1. The van der Waals surface area contributed by atoms with E-state index in [2.05, 4.69) is 4.98 Å². The van der Waals surface area contributed by atoms with Gasteiger partial charge in [-0.15, -0.1) is 11.3 Å². The molecule has 0 spiro atoms. The molecular weight excluding hydrogens is 436 g/mol. The maximum absolute atomic E-state index is 13.1. The Labute approximate surface area is 197 Å². The van der Waals surface area contributed by atoms with Crippen molar-refractivity contribution in [3.63, 3.8) is 0 Å². The summed E-state index contributed by atoms with van der Waals surface area (Å²) in [5.41, 5.74) is 1.81. The highest BCUT2D eigenvalue weighted by Crippen LogP contribution is 2.33. The number of ether oxygens (including phenoxy) is 1. The smallest absolute Gasteiger partial charge is 0.265 e. The summed E-state index contributed by atoms with van der Waals surface area (Å²) in [6, 6.07) is 15.6. The largest absolute Gasteiger partial charge is 0.477 e. The number of hydrogen-bond donors (Lipinski definition) is 0. The molecule has 8 heteroatoms. The summed E-state index contributed by atoms with van der Waals surface area (Å²) in [5, 5.41) is 0.910. The lowest BCUT2D eigenvalue weighted by Gasteiger charge is -2.38. The van der Waals surface area contributed by atoms with Gasteiger partial charge in [0.15, 0.2) is 6.10 Å². The Morgan fingerprint density at radius 3 is 2.67 bits per heavy atom. The van der Waals surface area contributed by atoms with Crippen LogP contribution in [0.3, 0.4) is 0 Å². The van der Waals surface area contributed by atoms with E-state index in [-0.39, 0.29) is 18.4 Å². The van der Waals surface area contributed by atoms with E-state index in [4.69, 9.17) is 4.74 Å². The molecule has 172 valence electrons. The van der Waals surface area contributed by atoms with Crippen LogP contribution in [0.1, 0.15) is 24.3 Å². The fraction of sp³-hybridized carbons (Fsp3) is 0.400. The second-order valence-electron chi connectivity index (χ2n) is 8.67. The quantitative estimate of drug-likeness (QED) is 0.578. The second-order valence-corrected chi connectivity index (χ2v) is 9.78. The van der Waals surface area contributed by atoms with Crippen LogP contribution in [0.25, 0.3) is 10.2 Å². The number of fused-ring (bicyclic) bond motifs is 2. The standard InChI is InChI=1S/C25H28N4O3S/c1-27(16-23-26-18-9-3-6-12-22(18)33-23)24(30)17-29-15-21(25(31)28-13-7-2-8-14-28)32-20-11-5-4-10-19(20)29/h3-6,9-12,21H,2,7-8,13-17H2,1H3/t21-/m0/s1. The minimum Gasteiger partial charge on any atom is -0.477 e. The van der Waals surface area contributed by atoms with Crippen molar-refractivity contribution in [2.24, 2.45) is 0 Å². The third-order valence-corrected chi connectivity index (χ3v) is 7.29. The first kappa shape index (κ1) is 21.7. The summed E-state index contributed by atoms with van der Waals surface area (Å²) in [6.07, 6.45) is 2.64. The zero-order valence-corrected chi connectivity index (χ0v) is 19.6. The minimum absolute atomic E-state index is 0.0180. The first-order chi connectivity index (χ1) is 16.1. The van der Waals surface area contributed by atoms with Gasteiger partial charge in [-0.2, -0.15) is 0 Å². The van der Waals surface area contributed by atoms with E-state index in [1.807, 2.05) is 58.3 Å². The predicted octanol–water partition coefficient (Wildman–Crippen LogP) is 3.53. The van der Waals surface area contributed by atoms with Crippen LogP contribution in [0, 0.1) is 0 Å². The van der Waals surface area contributed by atoms with Gasteiger partial charge in [0.2, 0.25) is 5.91 Å². The first-order valence-corrected chi connectivity index (χ1v) is 12.3. The van der Waals surface area contributed by atoms with Crippen LogP contribution < -0.4 is 9.64 Å². The number of hydrogen-bond acceptors (Lipinski definition) is 6. The Morgan fingerprint density at radius 1 is 1.09 bits per heavy atom. The van der Waals surface area contributed by atoms with E-state index in [9.17, 15) is 9.59 Å². The van der Waals surface area contributed by atoms with Gasteiger partial charge in [-0.25, -0.2) is 4.98 Å². The van der Waals surface area contributed by atoms with Gasteiger partial charge in [0.1, 0.15) is 10.8 Å². The van der Waals surface area contributed by atoms with Crippen LogP contribution in [0.15, 0.2) is 48.5 Å². The maximum atomic E-state index is 13.1. The van der Waals surface area contributed by atoms with Gasteiger partial charge in [0.25, 0.3) is 5.91 Å². The number of carbonyl (C=O) groups excluding carboxylic acids is 2. The van der Waals surface area contributed by atoms with Crippen molar-refractivity contribution in [1.82, 2.24) is 14.8 Å². The van der Waals surface area contributed by atoms with E-state index in [1.54, 1.807) is 23.3 Å². The number of nitrogens with zero attached hydrogens (tertiary/aromatic N) is 4. The molecule has 0 N–H and O–H groups in total. The SMILES string of the molecule is CN(Cc1nc2ccccc2s1)C(=O)CN1C[C@@H](C(=O)N2CCCCC2)Oc2ccccc21. The summed E-state index contributed by atoms with van der Waals surface area (Å²) in [7, 11) is 1.80. The second kappa shape index (κ2) is 9.39. The number of thiazole rings is 1.